The minimum atomic E-state index is 0.724. The molecule has 0 N–H and O–H groups in total. The molecule has 0 aromatic heterocycles. The number of nitrogens with zero attached hydrogens (tertiary/aromatic N) is 2. The summed E-state index contributed by atoms with van der Waals surface area (Å²) in [5.41, 5.74) is 0.952. The number of rotatable bonds is 0. The molecule has 0 saturated heterocycles. The van der Waals surface area contributed by atoms with Crippen molar-refractivity contribution in [1.82, 2.24) is 0 Å². The van der Waals surface area contributed by atoms with Crippen molar-refractivity contribution in [3.63, 3.8) is 0 Å². The Bertz CT molecular complexity index is 244. The molecule has 12 heavy (non-hydrogen) atoms. The average Bonchev–Trinajstić information content (AvgIpc) is 2.14. The highest BCUT2D eigenvalue weighted by Crippen LogP contribution is 1.98. The molecule has 0 fully saturated rings. The SMILES string of the molecule is C\C=C1/C=C\C=C/CN=CC=N1. The third kappa shape index (κ3) is 3.10. The summed E-state index contributed by atoms with van der Waals surface area (Å²) in [7, 11) is 0. The second-order valence-corrected chi connectivity index (χ2v) is 2.29. The van der Waals surface area contributed by atoms with Crippen molar-refractivity contribution < 1.29 is 0 Å². The third-order valence-electron chi connectivity index (χ3n) is 1.42. The van der Waals surface area contributed by atoms with Gasteiger partial charge in [-0.25, -0.2) is 0 Å². The molecule has 1 aliphatic heterocycles. The van der Waals surface area contributed by atoms with Crippen LogP contribution in [0.4, 0.5) is 0 Å². The maximum Gasteiger partial charge on any atom is 0.0587 e. The standard InChI is InChI=1S/C10H12N2/c1-2-10-6-4-3-5-7-11-8-9-12-10/h2-6,8-9H,7H2,1H3/b5-3-,6-4-,10-2+,11-8?,12-9?. The molecule has 0 aliphatic carbocycles. The summed E-state index contributed by atoms with van der Waals surface area (Å²) in [6.45, 7) is 2.69. The first kappa shape index (κ1) is 8.65. The van der Waals surface area contributed by atoms with Gasteiger partial charge in [-0.2, -0.15) is 0 Å². The van der Waals surface area contributed by atoms with E-state index in [0.29, 0.717) is 0 Å². The molecule has 2 nitrogen and oxygen atoms in total. The van der Waals surface area contributed by atoms with Crippen LogP contribution in [0.1, 0.15) is 6.92 Å². The Morgan fingerprint density at radius 1 is 1.33 bits per heavy atom. The fraction of sp³-hybridized carbons (Fsp3) is 0.200. The van der Waals surface area contributed by atoms with E-state index in [1.165, 1.54) is 0 Å². The highest BCUT2D eigenvalue weighted by Gasteiger charge is 1.82. The lowest BCUT2D eigenvalue weighted by molar-refractivity contribution is 1.26. The Morgan fingerprint density at radius 3 is 3.08 bits per heavy atom. The summed E-state index contributed by atoms with van der Waals surface area (Å²) < 4.78 is 0. The molecule has 62 valence electrons. The summed E-state index contributed by atoms with van der Waals surface area (Å²) in [5, 5.41) is 0. The first-order valence-electron chi connectivity index (χ1n) is 3.95. The van der Waals surface area contributed by atoms with E-state index in [4.69, 9.17) is 0 Å². The van der Waals surface area contributed by atoms with Crippen LogP contribution in [-0.4, -0.2) is 19.0 Å². The molecule has 0 atom stereocenters. The summed E-state index contributed by atoms with van der Waals surface area (Å²) in [6, 6.07) is 0. The molecule has 1 heterocycles. The first-order valence-corrected chi connectivity index (χ1v) is 3.95. The zero-order valence-corrected chi connectivity index (χ0v) is 7.14. The van der Waals surface area contributed by atoms with Crippen molar-refractivity contribution in [1.29, 1.82) is 0 Å². The van der Waals surface area contributed by atoms with Gasteiger partial charge in [-0.05, 0) is 13.0 Å². The second-order valence-electron chi connectivity index (χ2n) is 2.29. The summed E-state index contributed by atoms with van der Waals surface area (Å²) in [6.07, 6.45) is 13.3. The molecule has 0 bridgehead atoms. The van der Waals surface area contributed by atoms with Crippen LogP contribution in [0.3, 0.4) is 0 Å². The van der Waals surface area contributed by atoms with E-state index in [2.05, 4.69) is 9.98 Å². The van der Waals surface area contributed by atoms with Crippen LogP contribution in [0.15, 0.2) is 46.1 Å². The third-order valence-corrected chi connectivity index (χ3v) is 1.42. The van der Waals surface area contributed by atoms with Gasteiger partial charge in [0.2, 0.25) is 0 Å². The first-order chi connectivity index (χ1) is 5.93. The molecule has 1 aliphatic rings. The molecule has 0 spiro atoms. The van der Waals surface area contributed by atoms with Gasteiger partial charge in [0, 0.05) is 12.4 Å². The number of hydrogen-bond donors (Lipinski definition) is 0. The highest BCUT2D eigenvalue weighted by atomic mass is 14.8. The molecule has 0 amide bonds. The fourth-order valence-corrected chi connectivity index (χ4v) is 0.796. The summed E-state index contributed by atoms with van der Waals surface area (Å²) in [5.74, 6) is 0. The van der Waals surface area contributed by atoms with Gasteiger partial charge in [-0.1, -0.05) is 24.3 Å². The van der Waals surface area contributed by atoms with Gasteiger partial charge in [0.05, 0.1) is 12.2 Å². The van der Waals surface area contributed by atoms with Crippen LogP contribution in [0.5, 0.6) is 0 Å². The van der Waals surface area contributed by atoms with Crippen LogP contribution in [-0.2, 0) is 0 Å². The van der Waals surface area contributed by atoms with Crippen molar-refractivity contribution in [3.8, 4) is 0 Å². The van der Waals surface area contributed by atoms with E-state index in [1.54, 1.807) is 12.4 Å². The van der Waals surface area contributed by atoms with Crippen molar-refractivity contribution in [3.05, 3.63) is 36.1 Å². The van der Waals surface area contributed by atoms with E-state index in [0.717, 1.165) is 12.2 Å². The van der Waals surface area contributed by atoms with Gasteiger partial charge in [0.1, 0.15) is 0 Å². The number of hydrogen-bond acceptors (Lipinski definition) is 2. The van der Waals surface area contributed by atoms with Gasteiger partial charge >= 0.3 is 0 Å². The van der Waals surface area contributed by atoms with E-state index in [1.807, 2.05) is 37.3 Å². The highest BCUT2D eigenvalue weighted by molar-refractivity contribution is 6.16. The maximum atomic E-state index is 4.17. The van der Waals surface area contributed by atoms with Crippen molar-refractivity contribution in [2.45, 2.75) is 6.92 Å². The Morgan fingerprint density at radius 2 is 2.25 bits per heavy atom. The zero-order valence-electron chi connectivity index (χ0n) is 7.14. The van der Waals surface area contributed by atoms with E-state index < -0.39 is 0 Å². The molecule has 0 aromatic rings. The monoisotopic (exact) mass is 160 g/mol. The number of allylic oxidation sites excluding steroid dienone is 4. The zero-order chi connectivity index (χ0) is 8.65. The van der Waals surface area contributed by atoms with E-state index in [9.17, 15) is 0 Å². The molecule has 0 radical (unpaired) electrons. The smallest absolute Gasteiger partial charge is 0.0587 e. The predicted molar refractivity (Wildman–Crippen MR) is 53.9 cm³/mol. The predicted octanol–water partition coefficient (Wildman–Crippen LogP) is 2.16. The lowest BCUT2D eigenvalue weighted by Crippen LogP contribution is -1.82. The molecular formula is C10H12N2. The second kappa shape index (κ2) is 5.24. The van der Waals surface area contributed by atoms with Gasteiger partial charge in [0.15, 0.2) is 0 Å². The average molecular weight is 160 g/mol. The maximum absolute atomic E-state index is 4.17. The lowest BCUT2D eigenvalue weighted by atomic mass is 10.3. The van der Waals surface area contributed by atoms with Crippen molar-refractivity contribution >= 4 is 12.4 Å². The van der Waals surface area contributed by atoms with Crippen LogP contribution in [0.25, 0.3) is 0 Å². The van der Waals surface area contributed by atoms with Crippen LogP contribution < -0.4 is 0 Å². The summed E-state index contributed by atoms with van der Waals surface area (Å²) >= 11 is 0. The quantitative estimate of drug-likeness (QED) is 0.518. The van der Waals surface area contributed by atoms with Gasteiger partial charge < -0.3 is 0 Å². The van der Waals surface area contributed by atoms with Crippen LogP contribution in [0.2, 0.25) is 0 Å². The topological polar surface area (TPSA) is 24.7 Å². The Balaban J connectivity index is 2.77. The van der Waals surface area contributed by atoms with Gasteiger partial charge in [-0.3, -0.25) is 9.98 Å². The molecule has 0 saturated carbocycles. The molecule has 0 aromatic carbocycles. The lowest BCUT2D eigenvalue weighted by Gasteiger charge is -1.90. The Labute approximate surface area is 72.7 Å². The normalized spacial score (nSPS) is 25.6. The summed E-state index contributed by atoms with van der Waals surface area (Å²) in [4.78, 5) is 8.25. The van der Waals surface area contributed by atoms with Gasteiger partial charge in [0.25, 0.3) is 0 Å². The minimum absolute atomic E-state index is 0.724. The minimum Gasteiger partial charge on any atom is -0.287 e. The van der Waals surface area contributed by atoms with Crippen molar-refractivity contribution in [2.24, 2.45) is 9.98 Å². The largest absolute Gasteiger partial charge is 0.287 e. The molecular weight excluding hydrogens is 148 g/mol. The van der Waals surface area contributed by atoms with E-state index in [-0.39, 0.29) is 0 Å². The van der Waals surface area contributed by atoms with Gasteiger partial charge in [-0.15, -0.1) is 0 Å². The number of aliphatic imine (C=N–C) groups is 2. The Hall–Kier alpha value is -1.44. The van der Waals surface area contributed by atoms with Crippen LogP contribution in [0, 0.1) is 0 Å². The van der Waals surface area contributed by atoms with Crippen LogP contribution >= 0.6 is 0 Å². The van der Waals surface area contributed by atoms with Crippen molar-refractivity contribution in [2.75, 3.05) is 6.54 Å². The Kier molecular flexibility index (Phi) is 3.78. The van der Waals surface area contributed by atoms with E-state index >= 15 is 0 Å². The molecule has 0 unspecified atom stereocenters. The molecule has 1 rings (SSSR count). The fourth-order valence-electron chi connectivity index (χ4n) is 0.796. The molecule has 2 heteroatoms.